The molecule has 3 heteroatoms. The van der Waals surface area contributed by atoms with Crippen LogP contribution in [0, 0.1) is 5.92 Å². The summed E-state index contributed by atoms with van der Waals surface area (Å²) in [6.07, 6.45) is 1.96. The molecule has 0 saturated carbocycles. The fourth-order valence-electron chi connectivity index (χ4n) is 2.56. The summed E-state index contributed by atoms with van der Waals surface area (Å²) < 4.78 is 5.14. The fraction of sp³-hybridized carbons (Fsp3) is 0.917. The molecular weight excluding hydrogens is 190 g/mol. The Morgan fingerprint density at radius 1 is 1.47 bits per heavy atom. The zero-order chi connectivity index (χ0) is 11.6. The Morgan fingerprint density at radius 3 is 2.53 bits per heavy atom. The summed E-state index contributed by atoms with van der Waals surface area (Å²) in [7, 11) is 2.17. The van der Waals surface area contributed by atoms with Gasteiger partial charge in [-0.1, -0.05) is 13.8 Å². The predicted octanol–water partition coefficient (Wildman–Crippen LogP) is 2.06. The summed E-state index contributed by atoms with van der Waals surface area (Å²) in [6.45, 7) is 9.45. The van der Waals surface area contributed by atoms with E-state index in [1.165, 1.54) is 0 Å². The van der Waals surface area contributed by atoms with Crippen LogP contribution in [0.5, 0.6) is 0 Å². The molecule has 0 aromatic rings. The first-order valence-corrected chi connectivity index (χ1v) is 5.70. The summed E-state index contributed by atoms with van der Waals surface area (Å²) in [6, 6.07) is 0.499. The fourth-order valence-corrected chi connectivity index (χ4v) is 2.56. The zero-order valence-corrected chi connectivity index (χ0v) is 10.5. The van der Waals surface area contributed by atoms with Gasteiger partial charge in [-0.05, 0) is 26.8 Å². The summed E-state index contributed by atoms with van der Waals surface area (Å²) in [4.78, 5) is 12.8. The molecule has 2 unspecified atom stereocenters. The number of nitrogens with zero attached hydrogens (tertiary/aromatic N) is 1. The molecule has 1 aliphatic heterocycles. The molecule has 0 aliphatic carbocycles. The molecule has 0 aromatic heterocycles. The van der Waals surface area contributed by atoms with Crippen molar-refractivity contribution in [1.82, 2.24) is 4.90 Å². The molecule has 2 atom stereocenters. The van der Waals surface area contributed by atoms with Crippen molar-refractivity contribution < 1.29 is 9.53 Å². The molecule has 1 rings (SSSR count). The summed E-state index contributed by atoms with van der Waals surface area (Å²) >= 11 is 0. The minimum atomic E-state index is 0.0844. The molecule has 0 N–H and O–H groups in total. The van der Waals surface area contributed by atoms with E-state index >= 15 is 0 Å². The van der Waals surface area contributed by atoms with Crippen LogP contribution in [-0.4, -0.2) is 36.1 Å². The number of hydrogen-bond acceptors (Lipinski definition) is 3. The standard InChI is InChI=1S/C12H23NO2/c1-9(2)11-6-10(15-8-14)7-12(3,4)13(11)5/h8-11H,6-7H2,1-5H3. The predicted molar refractivity (Wildman–Crippen MR) is 60.6 cm³/mol. The van der Waals surface area contributed by atoms with E-state index in [-0.39, 0.29) is 11.6 Å². The Hall–Kier alpha value is -0.570. The number of piperidine rings is 1. The Labute approximate surface area is 92.8 Å². The third-order valence-electron chi connectivity index (χ3n) is 3.70. The van der Waals surface area contributed by atoms with E-state index < -0.39 is 0 Å². The van der Waals surface area contributed by atoms with E-state index in [2.05, 4.69) is 39.6 Å². The highest BCUT2D eigenvalue weighted by Gasteiger charge is 2.40. The molecule has 0 bridgehead atoms. The maximum absolute atomic E-state index is 10.4. The van der Waals surface area contributed by atoms with E-state index in [1.54, 1.807) is 0 Å². The van der Waals surface area contributed by atoms with Gasteiger partial charge in [-0.25, -0.2) is 0 Å². The Bertz CT molecular complexity index is 226. The molecule has 0 amide bonds. The summed E-state index contributed by atoms with van der Waals surface area (Å²) in [5, 5.41) is 0. The maximum Gasteiger partial charge on any atom is 0.293 e. The van der Waals surface area contributed by atoms with Gasteiger partial charge in [0.15, 0.2) is 0 Å². The lowest BCUT2D eigenvalue weighted by Gasteiger charge is -2.49. The number of carbonyl (C=O) groups excluding carboxylic acids is 1. The van der Waals surface area contributed by atoms with Gasteiger partial charge in [0.1, 0.15) is 6.10 Å². The third-order valence-corrected chi connectivity index (χ3v) is 3.70. The molecule has 15 heavy (non-hydrogen) atoms. The number of ether oxygens (including phenoxy) is 1. The van der Waals surface area contributed by atoms with Crippen molar-refractivity contribution in [2.45, 2.75) is 58.2 Å². The molecule has 1 fully saturated rings. The van der Waals surface area contributed by atoms with Crippen LogP contribution in [0.15, 0.2) is 0 Å². The van der Waals surface area contributed by atoms with Crippen LogP contribution in [-0.2, 0) is 9.53 Å². The quantitative estimate of drug-likeness (QED) is 0.672. The maximum atomic E-state index is 10.4. The largest absolute Gasteiger partial charge is 0.464 e. The van der Waals surface area contributed by atoms with E-state index in [0.717, 1.165) is 12.8 Å². The molecule has 0 radical (unpaired) electrons. The number of rotatable bonds is 3. The Kier molecular flexibility index (Phi) is 3.77. The monoisotopic (exact) mass is 213 g/mol. The highest BCUT2D eigenvalue weighted by atomic mass is 16.5. The van der Waals surface area contributed by atoms with Crippen LogP contribution in [0.3, 0.4) is 0 Å². The van der Waals surface area contributed by atoms with Gasteiger partial charge in [0.25, 0.3) is 6.47 Å². The smallest absolute Gasteiger partial charge is 0.293 e. The second-order valence-electron chi connectivity index (χ2n) is 5.53. The normalized spacial score (nSPS) is 31.6. The topological polar surface area (TPSA) is 29.5 Å². The lowest BCUT2D eigenvalue weighted by Crippen LogP contribution is -2.56. The van der Waals surface area contributed by atoms with Crippen molar-refractivity contribution in [1.29, 1.82) is 0 Å². The van der Waals surface area contributed by atoms with Gasteiger partial charge in [0, 0.05) is 24.4 Å². The van der Waals surface area contributed by atoms with Crippen molar-refractivity contribution >= 4 is 6.47 Å². The average Bonchev–Trinajstić information content (AvgIpc) is 2.10. The molecule has 1 aliphatic rings. The first-order chi connectivity index (χ1) is 6.88. The SMILES string of the molecule is CC(C)C1CC(OC=O)CC(C)(C)N1C. The molecule has 3 nitrogen and oxygen atoms in total. The molecule has 1 heterocycles. The lowest BCUT2D eigenvalue weighted by molar-refractivity contribution is -0.141. The van der Waals surface area contributed by atoms with Crippen LogP contribution in [0.25, 0.3) is 0 Å². The van der Waals surface area contributed by atoms with Gasteiger partial charge in [-0.3, -0.25) is 9.69 Å². The van der Waals surface area contributed by atoms with Crippen molar-refractivity contribution in [2.75, 3.05) is 7.05 Å². The zero-order valence-electron chi connectivity index (χ0n) is 10.5. The molecule has 1 saturated heterocycles. The van der Waals surface area contributed by atoms with Gasteiger partial charge in [-0.15, -0.1) is 0 Å². The molecule has 0 aromatic carbocycles. The first kappa shape index (κ1) is 12.5. The van der Waals surface area contributed by atoms with E-state index in [4.69, 9.17) is 4.74 Å². The number of hydrogen-bond donors (Lipinski definition) is 0. The van der Waals surface area contributed by atoms with Gasteiger partial charge >= 0.3 is 0 Å². The lowest BCUT2D eigenvalue weighted by atomic mass is 9.81. The van der Waals surface area contributed by atoms with E-state index in [1.807, 2.05) is 0 Å². The Balaban J connectivity index is 2.76. The second-order valence-corrected chi connectivity index (χ2v) is 5.53. The van der Waals surface area contributed by atoms with Crippen molar-refractivity contribution in [3.05, 3.63) is 0 Å². The highest BCUT2D eigenvalue weighted by molar-refractivity contribution is 5.37. The summed E-state index contributed by atoms with van der Waals surface area (Å²) in [5.41, 5.74) is 0.112. The van der Waals surface area contributed by atoms with Gasteiger partial charge in [0.05, 0.1) is 0 Å². The van der Waals surface area contributed by atoms with Crippen molar-refractivity contribution in [2.24, 2.45) is 5.92 Å². The average molecular weight is 213 g/mol. The minimum Gasteiger partial charge on any atom is -0.464 e. The second kappa shape index (κ2) is 4.52. The van der Waals surface area contributed by atoms with Gasteiger partial charge in [-0.2, -0.15) is 0 Å². The van der Waals surface area contributed by atoms with Crippen molar-refractivity contribution in [3.8, 4) is 0 Å². The van der Waals surface area contributed by atoms with E-state index in [9.17, 15) is 4.79 Å². The molecule has 88 valence electrons. The van der Waals surface area contributed by atoms with Crippen LogP contribution < -0.4 is 0 Å². The number of carbonyl (C=O) groups is 1. The minimum absolute atomic E-state index is 0.0844. The molecule has 0 spiro atoms. The van der Waals surface area contributed by atoms with E-state index in [0.29, 0.717) is 18.4 Å². The molecular formula is C12H23NO2. The van der Waals surface area contributed by atoms with Crippen LogP contribution in [0.2, 0.25) is 0 Å². The Morgan fingerprint density at radius 2 is 2.07 bits per heavy atom. The number of likely N-dealkylation sites (tertiary alicyclic amines) is 1. The van der Waals surface area contributed by atoms with Gasteiger partial charge < -0.3 is 4.74 Å². The van der Waals surface area contributed by atoms with Crippen LogP contribution >= 0.6 is 0 Å². The van der Waals surface area contributed by atoms with Gasteiger partial charge in [0.2, 0.25) is 0 Å². The van der Waals surface area contributed by atoms with Crippen molar-refractivity contribution in [3.63, 3.8) is 0 Å². The summed E-state index contributed by atoms with van der Waals surface area (Å²) in [5.74, 6) is 0.590. The highest BCUT2D eigenvalue weighted by Crippen LogP contribution is 2.34. The third kappa shape index (κ3) is 2.71. The van der Waals surface area contributed by atoms with Crippen LogP contribution in [0.1, 0.15) is 40.5 Å². The van der Waals surface area contributed by atoms with Crippen LogP contribution in [0.4, 0.5) is 0 Å². The first-order valence-electron chi connectivity index (χ1n) is 5.70.